The average Bonchev–Trinajstić information content (AvgIpc) is 3.20. The van der Waals surface area contributed by atoms with Gasteiger partial charge in [0.1, 0.15) is 0 Å². The number of ketones is 1. The van der Waals surface area contributed by atoms with Crippen molar-refractivity contribution in [2.45, 2.75) is 32.1 Å². The van der Waals surface area contributed by atoms with E-state index in [0.717, 1.165) is 50.0 Å². The number of rotatable bonds is 7. The molecular weight excluding hydrogens is 352 g/mol. The number of thiazole rings is 1. The normalized spacial score (nSPS) is 16.0. The molecule has 0 atom stereocenters. The van der Waals surface area contributed by atoms with Crippen LogP contribution in [0.25, 0.3) is 10.2 Å². The number of nitrogens with zero attached hydrogens (tertiary/aromatic N) is 2. The first-order chi connectivity index (χ1) is 13.3. The SMILES string of the molecule is O=C(c1ccccc1)C1CCN(CCCCc2ccc3ncsc3c2)CC1. The molecule has 4 rings (SSSR count). The smallest absolute Gasteiger partial charge is 0.166 e. The van der Waals surface area contributed by atoms with E-state index in [2.05, 4.69) is 28.1 Å². The Labute approximate surface area is 165 Å². The fourth-order valence-corrected chi connectivity index (χ4v) is 4.72. The van der Waals surface area contributed by atoms with Gasteiger partial charge in [0.2, 0.25) is 0 Å². The minimum atomic E-state index is 0.204. The van der Waals surface area contributed by atoms with Crippen molar-refractivity contribution in [1.29, 1.82) is 0 Å². The summed E-state index contributed by atoms with van der Waals surface area (Å²) in [6, 6.07) is 16.4. The molecule has 0 radical (unpaired) electrons. The Morgan fingerprint density at radius 3 is 2.70 bits per heavy atom. The quantitative estimate of drug-likeness (QED) is 0.418. The summed E-state index contributed by atoms with van der Waals surface area (Å²) < 4.78 is 1.29. The maximum Gasteiger partial charge on any atom is 0.166 e. The van der Waals surface area contributed by atoms with Crippen molar-refractivity contribution in [3.8, 4) is 0 Å². The number of hydrogen-bond donors (Lipinski definition) is 0. The van der Waals surface area contributed by atoms with E-state index < -0.39 is 0 Å². The Hall–Kier alpha value is -2.04. The van der Waals surface area contributed by atoms with E-state index in [1.54, 1.807) is 11.3 Å². The number of aryl methyl sites for hydroxylation is 1. The molecule has 3 aromatic rings. The van der Waals surface area contributed by atoms with Gasteiger partial charge in [-0.05, 0) is 69.4 Å². The van der Waals surface area contributed by atoms with Gasteiger partial charge in [-0.15, -0.1) is 11.3 Å². The average molecular weight is 379 g/mol. The lowest BCUT2D eigenvalue weighted by Gasteiger charge is -2.31. The molecule has 4 heteroatoms. The standard InChI is InChI=1S/C23H26N2OS/c26-23(19-7-2-1-3-8-19)20-11-14-25(15-12-20)13-5-4-6-18-9-10-21-22(16-18)27-17-24-21/h1-3,7-10,16-17,20H,4-6,11-15H2. The highest BCUT2D eigenvalue weighted by atomic mass is 32.1. The monoisotopic (exact) mass is 378 g/mol. The first-order valence-corrected chi connectivity index (χ1v) is 10.8. The Morgan fingerprint density at radius 2 is 1.89 bits per heavy atom. The highest BCUT2D eigenvalue weighted by Gasteiger charge is 2.25. The number of carbonyl (C=O) groups excluding carboxylic acids is 1. The Bertz CT molecular complexity index is 882. The van der Waals surface area contributed by atoms with Gasteiger partial charge in [-0.1, -0.05) is 36.4 Å². The zero-order valence-corrected chi connectivity index (χ0v) is 16.5. The molecule has 0 amide bonds. The summed E-state index contributed by atoms with van der Waals surface area (Å²) in [6.07, 6.45) is 5.56. The lowest BCUT2D eigenvalue weighted by Crippen LogP contribution is -2.36. The molecule has 0 saturated carbocycles. The second-order valence-corrected chi connectivity index (χ2v) is 8.34. The predicted molar refractivity (Wildman–Crippen MR) is 112 cm³/mol. The van der Waals surface area contributed by atoms with Crippen LogP contribution in [0.15, 0.2) is 54.0 Å². The maximum absolute atomic E-state index is 12.6. The van der Waals surface area contributed by atoms with Gasteiger partial charge in [0.25, 0.3) is 0 Å². The molecule has 2 heterocycles. The number of Topliss-reactive ketones (excluding diaryl/α,β-unsaturated/α-hetero) is 1. The third-order valence-electron chi connectivity index (χ3n) is 5.60. The van der Waals surface area contributed by atoms with E-state index in [0.29, 0.717) is 5.78 Å². The van der Waals surface area contributed by atoms with E-state index >= 15 is 0 Å². The van der Waals surface area contributed by atoms with Crippen molar-refractivity contribution in [2.24, 2.45) is 5.92 Å². The molecular formula is C23H26N2OS. The first kappa shape index (κ1) is 18.3. The van der Waals surface area contributed by atoms with Crippen LogP contribution < -0.4 is 0 Å². The van der Waals surface area contributed by atoms with Crippen LogP contribution >= 0.6 is 11.3 Å². The van der Waals surface area contributed by atoms with Crippen LogP contribution in [0.2, 0.25) is 0 Å². The Kier molecular flexibility index (Phi) is 5.95. The van der Waals surface area contributed by atoms with Crippen molar-refractivity contribution in [1.82, 2.24) is 9.88 Å². The molecule has 27 heavy (non-hydrogen) atoms. The van der Waals surface area contributed by atoms with Crippen molar-refractivity contribution < 1.29 is 4.79 Å². The molecule has 1 fully saturated rings. The van der Waals surface area contributed by atoms with Crippen LogP contribution in [-0.4, -0.2) is 35.3 Å². The molecule has 1 saturated heterocycles. The van der Waals surface area contributed by atoms with Crippen LogP contribution in [0.3, 0.4) is 0 Å². The second-order valence-electron chi connectivity index (χ2n) is 7.46. The van der Waals surface area contributed by atoms with Gasteiger partial charge in [-0.2, -0.15) is 0 Å². The first-order valence-electron chi connectivity index (χ1n) is 9.93. The van der Waals surface area contributed by atoms with Crippen LogP contribution in [0, 0.1) is 5.92 Å². The summed E-state index contributed by atoms with van der Waals surface area (Å²) in [4.78, 5) is 19.4. The Morgan fingerprint density at radius 1 is 1.07 bits per heavy atom. The van der Waals surface area contributed by atoms with Crippen LogP contribution in [0.1, 0.15) is 41.6 Å². The van der Waals surface area contributed by atoms with E-state index in [-0.39, 0.29) is 5.92 Å². The van der Waals surface area contributed by atoms with Crippen LogP contribution in [0.5, 0.6) is 0 Å². The molecule has 0 aliphatic carbocycles. The van der Waals surface area contributed by atoms with E-state index in [4.69, 9.17) is 0 Å². The fourth-order valence-electron chi connectivity index (χ4n) is 3.98. The van der Waals surface area contributed by atoms with Crippen molar-refractivity contribution >= 4 is 27.3 Å². The molecule has 3 nitrogen and oxygen atoms in total. The summed E-state index contributed by atoms with van der Waals surface area (Å²) >= 11 is 1.72. The summed E-state index contributed by atoms with van der Waals surface area (Å²) in [5.74, 6) is 0.531. The minimum absolute atomic E-state index is 0.204. The predicted octanol–water partition coefficient (Wildman–Crippen LogP) is 5.21. The highest BCUT2D eigenvalue weighted by molar-refractivity contribution is 7.16. The largest absolute Gasteiger partial charge is 0.303 e. The summed E-state index contributed by atoms with van der Waals surface area (Å²) in [6.45, 7) is 3.25. The third-order valence-corrected chi connectivity index (χ3v) is 6.39. The number of unbranched alkanes of at least 4 members (excludes halogenated alkanes) is 1. The van der Waals surface area contributed by atoms with E-state index in [1.807, 2.05) is 35.8 Å². The summed E-state index contributed by atoms with van der Waals surface area (Å²) in [7, 11) is 0. The summed E-state index contributed by atoms with van der Waals surface area (Å²) in [5, 5.41) is 0. The molecule has 0 N–H and O–H groups in total. The van der Waals surface area contributed by atoms with E-state index in [9.17, 15) is 4.79 Å². The molecule has 1 aliphatic rings. The van der Waals surface area contributed by atoms with Gasteiger partial charge in [0, 0.05) is 11.5 Å². The number of carbonyl (C=O) groups is 1. The van der Waals surface area contributed by atoms with Crippen LogP contribution in [-0.2, 0) is 6.42 Å². The molecule has 140 valence electrons. The fraction of sp³-hybridized carbons (Fsp3) is 0.391. The summed E-state index contributed by atoms with van der Waals surface area (Å²) in [5.41, 5.74) is 5.31. The van der Waals surface area contributed by atoms with Crippen LogP contribution in [0.4, 0.5) is 0 Å². The van der Waals surface area contributed by atoms with Crippen molar-refractivity contribution in [2.75, 3.05) is 19.6 Å². The van der Waals surface area contributed by atoms with Gasteiger partial charge in [0.05, 0.1) is 15.7 Å². The molecule has 0 spiro atoms. The van der Waals surface area contributed by atoms with Gasteiger partial charge >= 0.3 is 0 Å². The highest BCUT2D eigenvalue weighted by Crippen LogP contribution is 2.23. The maximum atomic E-state index is 12.6. The Balaban J connectivity index is 1.18. The van der Waals surface area contributed by atoms with Crippen molar-refractivity contribution in [3.63, 3.8) is 0 Å². The zero-order chi connectivity index (χ0) is 18.5. The van der Waals surface area contributed by atoms with Gasteiger partial charge in [-0.25, -0.2) is 4.98 Å². The second kappa shape index (κ2) is 8.77. The molecule has 1 aliphatic heterocycles. The number of piperidine rings is 1. The molecule has 0 unspecified atom stereocenters. The number of fused-ring (bicyclic) bond motifs is 1. The lowest BCUT2D eigenvalue weighted by molar-refractivity contribution is 0.0839. The molecule has 2 aromatic carbocycles. The van der Waals surface area contributed by atoms with Gasteiger partial charge in [-0.3, -0.25) is 4.79 Å². The number of hydrogen-bond acceptors (Lipinski definition) is 4. The number of likely N-dealkylation sites (tertiary alicyclic amines) is 1. The van der Waals surface area contributed by atoms with E-state index in [1.165, 1.54) is 23.1 Å². The molecule has 1 aromatic heterocycles. The third kappa shape index (κ3) is 4.63. The van der Waals surface area contributed by atoms with Gasteiger partial charge < -0.3 is 4.90 Å². The minimum Gasteiger partial charge on any atom is -0.303 e. The topological polar surface area (TPSA) is 33.2 Å². The number of benzene rings is 2. The zero-order valence-electron chi connectivity index (χ0n) is 15.6. The molecule has 0 bridgehead atoms. The number of aromatic nitrogens is 1. The lowest BCUT2D eigenvalue weighted by atomic mass is 9.89. The van der Waals surface area contributed by atoms with Crippen molar-refractivity contribution in [3.05, 3.63) is 65.2 Å². The van der Waals surface area contributed by atoms with Gasteiger partial charge in [0.15, 0.2) is 5.78 Å².